The molecule has 0 spiro atoms. The van der Waals surface area contributed by atoms with Crippen LogP contribution in [0.1, 0.15) is 37.5 Å². The SMILES string of the molecule is O=C(O)[C@H]1[C@H](CN2C(=O)c3ccccc3C2=O)C[C@@H]1C(=O)c1ccc(-c2ccc(Cl)cc2)cc1. The van der Waals surface area contributed by atoms with Gasteiger partial charge in [-0.05, 0) is 47.7 Å². The van der Waals surface area contributed by atoms with Crippen molar-refractivity contribution in [2.24, 2.45) is 17.8 Å². The smallest absolute Gasteiger partial charge is 0.307 e. The first-order valence-corrected chi connectivity index (χ1v) is 11.3. The summed E-state index contributed by atoms with van der Waals surface area (Å²) in [6.07, 6.45) is 0.308. The van der Waals surface area contributed by atoms with Crippen LogP contribution in [0.5, 0.6) is 0 Å². The summed E-state index contributed by atoms with van der Waals surface area (Å²) in [5.74, 6) is -4.29. The number of carbonyl (C=O) groups is 4. The largest absolute Gasteiger partial charge is 0.481 e. The second kappa shape index (κ2) is 8.54. The second-order valence-electron chi connectivity index (χ2n) is 8.68. The summed E-state index contributed by atoms with van der Waals surface area (Å²) in [7, 11) is 0. The van der Waals surface area contributed by atoms with Crippen LogP contribution >= 0.6 is 11.6 Å². The molecule has 0 bridgehead atoms. The van der Waals surface area contributed by atoms with Gasteiger partial charge < -0.3 is 5.11 Å². The fourth-order valence-corrected chi connectivity index (χ4v) is 5.03. The highest BCUT2D eigenvalue weighted by atomic mass is 35.5. The molecule has 1 aliphatic heterocycles. The fourth-order valence-electron chi connectivity index (χ4n) is 4.91. The molecule has 1 saturated carbocycles. The maximum atomic E-state index is 13.1. The van der Waals surface area contributed by atoms with Crippen molar-refractivity contribution in [3.63, 3.8) is 0 Å². The third kappa shape index (κ3) is 3.70. The van der Waals surface area contributed by atoms with E-state index in [2.05, 4.69) is 0 Å². The summed E-state index contributed by atoms with van der Waals surface area (Å²) in [5, 5.41) is 10.4. The van der Waals surface area contributed by atoms with E-state index in [1.165, 1.54) is 0 Å². The number of benzene rings is 3. The highest BCUT2D eigenvalue weighted by Gasteiger charge is 2.51. The summed E-state index contributed by atoms with van der Waals surface area (Å²) < 4.78 is 0. The molecule has 2 amide bonds. The Hall–Kier alpha value is -3.77. The molecule has 3 atom stereocenters. The molecule has 1 N–H and O–H groups in total. The zero-order chi connectivity index (χ0) is 24.0. The van der Waals surface area contributed by atoms with E-state index in [9.17, 15) is 24.3 Å². The molecule has 6 nitrogen and oxygen atoms in total. The number of rotatable bonds is 6. The number of hydrogen-bond donors (Lipinski definition) is 1. The van der Waals surface area contributed by atoms with E-state index in [-0.39, 0.29) is 12.3 Å². The van der Waals surface area contributed by atoms with Crippen molar-refractivity contribution in [3.8, 4) is 11.1 Å². The number of hydrogen-bond acceptors (Lipinski definition) is 4. The number of carbonyl (C=O) groups excluding carboxylic acids is 3. The number of aliphatic carboxylic acids is 1. The lowest BCUT2D eigenvalue weighted by atomic mass is 9.62. The lowest BCUT2D eigenvalue weighted by molar-refractivity contribution is -0.151. The summed E-state index contributed by atoms with van der Waals surface area (Å²) in [5.41, 5.74) is 2.96. The zero-order valence-corrected chi connectivity index (χ0v) is 18.7. The number of Topliss-reactive ketones (excluding diaryl/α,β-unsaturated/α-hetero) is 1. The number of fused-ring (bicyclic) bond motifs is 1. The van der Waals surface area contributed by atoms with Gasteiger partial charge >= 0.3 is 5.97 Å². The maximum absolute atomic E-state index is 13.1. The van der Waals surface area contributed by atoms with E-state index < -0.39 is 35.5 Å². The Bertz CT molecular complexity index is 1280. The van der Waals surface area contributed by atoms with Gasteiger partial charge in [-0.15, -0.1) is 0 Å². The van der Waals surface area contributed by atoms with Crippen molar-refractivity contribution in [1.82, 2.24) is 4.90 Å². The molecule has 0 aromatic heterocycles. The normalized spacial score (nSPS) is 21.2. The van der Waals surface area contributed by atoms with Gasteiger partial charge in [-0.3, -0.25) is 24.1 Å². The molecule has 1 fully saturated rings. The van der Waals surface area contributed by atoms with Gasteiger partial charge in [0.05, 0.1) is 17.0 Å². The molecule has 3 aromatic carbocycles. The van der Waals surface area contributed by atoms with Crippen LogP contribution < -0.4 is 0 Å². The van der Waals surface area contributed by atoms with E-state index in [4.69, 9.17) is 11.6 Å². The van der Waals surface area contributed by atoms with E-state index >= 15 is 0 Å². The van der Waals surface area contributed by atoms with Gasteiger partial charge in [0.1, 0.15) is 0 Å². The molecule has 1 heterocycles. The quantitative estimate of drug-likeness (QED) is 0.409. The van der Waals surface area contributed by atoms with Gasteiger partial charge in [-0.1, -0.05) is 60.1 Å². The molecule has 7 heteroatoms. The molecule has 5 rings (SSSR count). The third-order valence-corrected chi connectivity index (χ3v) is 7.01. The van der Waals surface area contributed by atoms with Gasteiger partial charge in [0.25, 0.3) is 11.8 Å². The van der Waals surface area contributed by atoms with E-state index in [1.54, 1.807) is 48.5 Å². The van der Waals surface area contributed by atoms with Gasteiger partial charge in [-0.25, -0.2) is 0 Å². The number of carboxylic acid groups (broad SMARTS) is 1. The fraction of sp³-hybridized carbons (Fsp3) is 0.185. The van der Waals surface area contributed by atoms with Crippen molar-refractivity contribution in [3.05, 3.63) is 94.5 Å². The van der Waals surface area contributed by atoms with E-state index in [1.807, 2.05) is 24.3 Å². The Kier molecular flexibility index (Phi) is 5.54. The maximum Gasteiger partial charge on any atom is 0.307 e. The van der Waals surface area contributed by atoms with Gasteiger partial charge in [-0.2, -0.15) is 0 Å². The first kappa shape index (κ1) is 22.0. The monoisotopic (exact) mass is 473 g/mol. The Morgan fingerprint density at radius 1 is 0.853 bits per heavy atom. The number of carboxylic acids is 1. The topological polar surface area (TPSA) is 91.8 Å². The molecule has 3 aromatic rings. The number of nitrogens with zero attached hydrogens (tertiary/aromatic N) is 1. The number of halogens is 1. The first-order valence-electron chi connectivity index (χ1n) is 10.9. The molecule has 1 aliphatic carbocycles. The van der Waals surface area contributed by atoms with Crippen LogP contribution in [0.25, 0.3) is 11.1 Å². The predicted octanol–water partition coefficient (Wildman–Crippen LogP) is 4.82. The molecule has 2 aliphatic rings. The van der Waals surface area contributed by atoms with Crippen molar-refractivity contribution < 1.29 is 24.3 Å². The second-order valence-corrected chi connectivity index (χ2v) is 9.12. The summed E-state index contributed by atoms with van der Waals surface area (Å²) in [6, 6.07) is 20.9. The van der Waals surface area contributed by atoms with Gasteiger partial charge in [0.15, 0.2) is 5.78 Å². The standard InChI is InChI=1S/C27H20ClNO5/c28-19-11-9-16(10-12-19)15-5-7-17(8-6-15)24(30)22-13-18(23(22)27(33)34)14-29-25(31)20-3-1-2-4-21(20)26(29)32/h1-12,18,22-23H,13-14H2,(H,33,34)/t18-,22-,23-/m0/s1. The molecule has 170 valence electrons. The lowest BCUT2D eigenvalue weighted by Gasteiger charge is -2.42. The Morgan fingerprint density at radius 2 is 1.38 bits per heavy atom. The molecule has 0 radical (unpaired) electrons. The highest BCUT2D eigenvalue weighted by Crippen LogP contribution is 2.44. The van der Waals surface area contributed by atoms with Crippen LogP contribution in [0, 0.1) is 17.8 Å². The molecule has 0 saturated heterocycles. The lowest BCUT2D eigenvalue weighted by Crippen LogP contribution is -2.51. The average Bonchev–Trinajstić information content (AvgIpc) is 3.06. The minimum absolute atomic E-state index is 0.0113. The van der Waals surface area contributed by atoms with Crippen LogP contribution in [0.15, 0.2) is 72.8 Å². The Labute approximate surface area is 200 Å². The van der Waals surface area contributed by atoms with E-state index in [0.717, 1.165) is 16.0 Å². The molecular weight excluding hydrogens is 454 g/mol. The van der Waals surface area contributed by atoms with Crippen LogP contribution in [0.4, 0.5) is 0 Å². The van der Waals surface area contributed by atoms with Crippen molar-refractivity contribution in [2.75, 3.05) is 6.54 Å². The molecular formula is C27H20ClNO5. The Morgan fingerprint density at radius 3 is 1.91 bits per heavy atom. The number of ketones is 1. The number of amides is 2. The molecule has 0 unspecified atom stereocenters. The van der Waals surface area contributed by atoms with Crippen LogP contribution in [0.2, 0.25) is 5.02 Å². The molecule has 34 heavy (non-hydrogen) atoms. The van der Waals surface area contributed by atoms with Gasteiger partial charge in [0, 0.05) is 23.0 Å². The highest BCUT2D eigenvalue weighted by molar-refractivity contribution is 6.30. The van der Waals surface area contributed by atoms with Crippen LogP contribution in [0.3, 0.4) is 0 Å². The third-order valence-electron chi connectivity index (χ3n) is 6.76. The number of imide groups is 1. The first-order chi connectivity index (χ1) is 16.3. The van der Waals surface area contributed by atoms with Crippen molar-refractivity contribution >= 4 is 35.2 Å². The van der Waals surface area contributed by atoms with E-state index in [0.29, 0.717) is 28.1 Å². The van der Waals surface area contributed by atoms with Crippen LogP contribution in [-0.4, -0.2) is 40.1 Å². The summed E-state index contributed by atoms with van der Waals surface area (Å²) in [6.45, 7) is -0.0113. The summed E-state index contributed by atoms with van der Waals surface area (Å²) in [4.78, 5) is 51.5. The predicted molar refractivity (Wildman–Crippen MR) is 126 cm³/mol. The average molecular weight is 474 g/mol. The van der Waals surface area contributed by atoms with Crippen molar-refractivity contribution in [2.45, 2.75) is 6.42 Å². The zero-order valence-electron chi connectivity index (χ0n) is 18.0. The minimum atomic E-state index is -1.09. The minimum Gasteiger partial charge on any atom is -0.481 e. The van der Waals surface area contributed by atoms with Gasteiger partial charge in [0.2, 0.25) is 0 Å². The van der Waals surface area contributed by atoms with Crippen LogP contribution in [-0.2, 0) is 4.79 Å². The van der Waals surface area contributed by atoms with Crippen molar-refractivity contribution in [1.29, 1.82) is 0 Å². The Balaban J connectivity index is 1.29. The summed E-state index contributed by atoms with van der Waals surface area (Å²) >= 11 is 5.93.